The van der Waals surface area contributed by atoms with Gasteiger partial charge in [-0.1, -0.05) is 12.1 Å². The van der Waals surface area contributed by atoms with Crippen LogP contribution >= 0.6 is 0 Å². The third-order valence-corrected chi connectivity index (χ3v) is 4.67. The maximum absolute atomic E-state index is 12.5. The van der Waals surface area contributed by atoms with Crippen molar-refractivity contribution >= 4 is 11.6 Å². The Balaban J connectivity index is 1.38. The predicted octanol–water partition coefficient (Wildman–Crippen LogP) is 1.13. The molecule has 1 saturated heterocycles. The van der Waals surface area contributed by atoms with E-state index in [4.69, 9.17) is 14.2 Å². The molecule has 6 heteroatoms. The lowest BCUT2D eigenvalue weighted by atomic mass is 10.1. The van der Waals surface area contributed by atoms with Gasteiger partial charge in [0.25, 0.3) is 5.91 Å². The topological polar surface area (TPSA) is 61.2 Å². The van der Waals surface area contributed by atoms with Gasteiger partial charge in [-0.05, 0) is 30.3 Å². The molecule has 26 heavy (non-hydrogen) atoms. The normalized spacial score (nSPS) is 16.9. The molecule has 1 amide bonds. The molecule has 0 radical (unpaired) electrons. The molecule has 1 fully saturated rings. The van der Waals surface area contributed by atoms with Crippen LogP contribution in [-0.2, 0) is 11.3 Å². The zero-order valence-corrected chi connectivity index (χ0v) is 14.6. The lowest BCUT2D eigenvalue weighted by molar-refractivity contribution is -0.921. The zero-order valence-electron chi connectivity index (χ0n) is 14.6. The minimum Gasteiger partial charge on any atom is -0.486 e. The Morgan fingerprint density at radius 2 is 1.65 bits per heavy atom. The largest absolute Gasteiger partial charge is 0.486 e. The van der Waals surface area contributed by atoms with Crippen molar-refractivity contribution in [2.24, 2.45) is 0 Å². The third-order valence-electron chi connectivity index (χ3n) is 4.67. The van der Waals surface area contributed by atoms with Gasteiger partial charge in [-0.2, -0.15) is 0 Å². The number of anilines is 1. The highest BCUT2D eigenvalue weighted by atomic mass is 16.6. The van der Waals surface area contributed by atoms with Gasteiger partial charge < -0.3 is 24.4 Å². The lowest BCUT2D eigenvalue weighted by Crippen LogP contribution is -3.12. The summed E-state index contributed by atoms with van der Waals surface area (Å²) in [6.45, 7) is 5.78. The highest BCUT2D eigenvalue weighted by molar-refractivity contribution is 6.04. The third kappa shape index (κ3) is 3.98. The van der Waals surface area contributed by atoms with Crippen LogP contribution in [0.2, 0.25) is 0 Å². The van der Waals surface area contributed by atoms with Crippen LogP contribution < -0.4 is 19.7 Å². The highest BCUT2D eigenvalue weighted by Gasteiger charge is 2.16. The first kappa shape index (κ1) is 16.9. The van der Waals surface area contributed by atoms with Crippen LogP contribution in [0.15, 0.2) is 42.5 Å². The first-order chi connectivity index (χ1) is 12.8. The standard InChI is InChI=1S/C20H22N2O4/c23-20(16-3-6-18-19(13-16)26-12-11-25-18)21-17-4-1-15(2-5-17)14-22-7-9-24-10-8-22/h1-6,13H,7-12,14H2,(H,21,23)/p+1. The van der Waals surface area contributed by atoms with Crippen molar-refractivity contribution < 1.29 is 23.9 Å². The fourth-order valence-electron chi connectivity index (χ4n) is 3.22. The van der Waals surface area contributed by atoms with Gasteiger partial charge >= 0.3 is 0 Å². The average Bonchev–Trinajstić information content (AvgIpc) is 2.70. The number of carbonyl (C=O) groups is 1. The second-order valence-corrected chi connectivity index (χ2v) is 6.55. The minimum atomic E-state index is -0.159. The molecule has 0 aliphatic carbocycles. The SMILES string of the molecule is O=C(Nc1ccc(C[NH+]2CCOCC2)cc1)c1ccc2c(c1)OCCO2. The van der Waals surface area contributed by atoms with Crippen LogP contribution in [0.25, 0.3) is 0 Å². The zero-order chi connectivity index (χ0) is 17.8. The Hall–Kier alpha value is -2.57. The smallest absolute Gasteiger partial charge is 0.255 e. The summed E-state index contributed by atoms with van der Waals surface area (Å²) in [5, 5.41) is 2.93. The fraction of sp³-hybridized carbons (Fsp3) is 0.350. The van der Waals surface area contributed by atoms with E-state index < -0.39 is 0 Å². The van der Waals surface area contributed by atoms with E-state index in [1.54, 1.807) is 18.2 Å². The van der Waals surface area contributed by atoms with Gasteiger partial charge in [0.15, 0.2) is 11.5 Å². The van der Waals surface area contributed by atoms with E-state index in [2.05, 4.69) is 17.4 Å². The van der Waals surface area contributed by atoms with Gasteiger partial charge in [0.1, 0.15) is 32.8 Å². The molecule has 4 rings (SSSR count). The molecular formula is C20H23N2O4+. The van der Waals surface area contributed by atoms with Gasteiger partial charge in [0, 0.05) is 16.8 Å². The van der Waals surface area contributed by atoms with Crippen LogP contribution in [0.3, 0.4) is 0 Å². The molecule has 2 aliphatic rings. The van der Waals surface area contributed by atoms with Crippen LogP contribution in [0.1, 0.15) is 15.9 Å². The second-order valence-electron chi connectivity index (χ2n) is 6.55. The van der Waals surface area contributed by atoms with E-state index in [0.29, 0.717) is 30.3 Å². The van der Waals surface area contributed by atoms with Gasteiger partial charge in [0.05, 0.1) is 13.2 Å². The molecule has 0 spiro atoms. The number of fused-ring (bicyclic) bond motifs is 1. The van der Waals surface area contributed by atoms with Gasteiger partial charge in [0.2, 0.25) is 0 Å². The first-order valence-corrected chi connectivity index (χ1v) is 8.99. The summed E-state index contributed by atoms with van der Waals surface area (Å²) in [4.78, 5) is 14.0. The number of ether oxygens (including phenoxy) is 3. The van der Waals surface area contributed by atoms with Gasteiger partial charge in [-0.25, -0.2) is 0 Å². The number of quaternary nitrogens is 1. The number of morpholine rings is 1. The summed E-state index contributed by atoms with van der Waals surface area (Å²) in [6.07, 6.45) is 0. The molecule has 136 valence electrons. The fourth-order valence-corrected chi connectivity index (χ4v) is 3.22. The summed E-state index contributed by atoms with van der Waals surface area (Å²) in [5.41, 5.74) is 2.60. The maximum atomic E-state index is 12.5. The average molecular weight is 355 g/mol. The molecule has 0 saturated carbocycles. The number of benzene rings is 2. The minimum absolute atomic E-state index is 0.159. The van der Waals surface area contributed by atoms with Crippen LogP contribution in [0.5, 0.6) is 11.5 Å². The molecule has 0 atom stereocenters. The Labute approximate surface area is 152 Å². The number of carbonyl (C=O) groups excluding carboxylic acids is 1. The van der Waals surface area contributed by atoms with Crippen molar-refractivity contribution in [3.8, 4) is 11.5 Å². The molecular weight excluding hydrogens is 332 g/mol. The van der Waals surface area contributed by atoms with Crippen molar-refractivity contribution in [2.45, 2.75) is 6.54 Å². The van der Waals surface area contributed by atoms with Gasteiger partial charge in [-0.3, -0.25) is 4.79 Å². The summed E-state index contributed by atoms with van der Waals surface area (Å²) >= 11 is 0. The van der Waals surface area contributed by atoms with Crippen molar-refractivity contribution in [2.75, 3.05) is 44.8 Å². The second kappa shape index (κ2) is 7.76. The van der Waals surface area contributed by atoms with E-state index in [9.17, 15) is 4.79 Å². The predicted molar refractivity (Wildman–Crippen MR) is 97.0 cm³/mol. The number of amides is 1. The number of hydrogen-bond donors (Lipinski definition) is 2. The van der Waals surface area contributed by atoms with E-state index in [-0.39, 0.29) is 5.91 Å². The molecule has 6 nitrogen and oxygen atoms in total. The van der Waals surface area contributed by atoms with Crippen LogP contribution in [0.4, 0.5) is 5.69 Å². The summed E-state index contributed by atoms with van der Waals surface area (Å²) in [7, 11) is 0. The Kier molecular flexibility index (Phi) is 5.04. The summed E-state index contributed by atoms with van der Waals surface area (Å²) < 4.78 is 16.4. The molecule has 0 aromatic heterocycles. The molecule has 0 bridgehead atoms. The van der Waals surface area contributed by atoms with Crippen molar-refractivity contribution in [3.05, 3.63) is 53.6 Å². The van der Waals surface area contributed by atoms with Crippen LogP contribution in [-0.4, -0.2) is 45.4 Å². The maximum Gasteiger partial charge on any atom is 0.255 e. The number of hydrogen-bond acceptors (Lipinski definition) is 4. The van der Waals surface area contributed by atoms with E-state index in [1.165, 1.54) is 10.5 Å². The first-order valence-electron chi connectivity index (χ1n) is 8.99. The Morgan fingerprint density at radius 1 is 0.923 bits per heavy atom. The van der Waals surface area contributed by atoms with E-state index >= 15 is 0 Å². The van der Waals surface area contributed by atoms with Crippen molar-refractivity contribution in [1.82, 2.24) is 0 Å². The van der Waals surface area contributed by atoms with Crippen molar-refractivity contribution in [3.63, 3.8) is 0 Å². The van der Waals surface area contributed by atoms with Gasteiger partial charge in [-0.15, -0.1) is 0 Å². The van der Waals surface area contributed by atoms with Crippen molar-refractivity contribution in [1.29, 1.82) is 0 Å². The molecule has 2 aromatic rings. The molecule has 2 heterocycles. The van der Waals surface area contributed by atoms with E-state index in [1.807, 2.05) is 12.1 Å². The summed E-state index contributed by atoms with van der Waals surface area (Å²) in [5.74, 6) is 1.14. The molecule has 2 N–H and O–H groups in total. The Bertz CT molecular complexity index is 770. The Morgan fingerprint density at radius 3 is 2.42 bits per heavy atom. The number of rotatable bonds is 4. The molecule has 2 aliphatic heterocycles. The van der Waals surface area contributed by atoms with E-state index in [0.717, 1.165) is 38.5 Å². The highest BCUT2D eigenvalue weighted by Crippen LogP contribution is 2.30. The quantitative estimate of drug-likeness (QED) is 0.863. The molecule has 2 aromatic carbocycles. The summed E-state index contributed by atoms with van der Waals surface area (Å²) in [6, 6.07) is 13.3. The molecule has 0 unspecified atom stereocenters. The lowest BCUT2D eigenvalue weighted by Gasteiger charge is -2.23. The van der Waals surface area contributed by atoms with Crippen LogP contribution in [0, 0.1) is 0 Å². The monoisotopic (exact) mass is 355 g/mol. The number of nitrogens with one attached hydrogen (secondary N) is 2.